The summed E-state index contributed by atoms with van der Waals surface area (Å²) in [7, 11) is 6.39. The molecule has 112 valence electrons. The third kappa shape index (κ3) is 3.57. The van der Waals surface area contributed by atoms with Gasteiger partial charge < -0.3 is 10.2 Å². The van der Waals surface area contributed by atoms with E-state index in [0.717, 1.165) is 31.6 Å². The molecule has 0 amide bonds. The summed E-state index contributed by atoms with van der Waals surface area (Å²) in [6.07, 6.45) is 0.936. The molecule has 0 bridgehead atoms. The molecule has 0 spiro atoms. The summed E-state index contributed by atoms with van der Waals surface area (Å²) in [5.74, 6) is -0.151. The first-order valence-corrected chi connectivity index (χ1v) is 7.32. The first-order valence-electron chi connectivity index (χ1n) is 7.32. The van der Waals surface area contributed by atoms with Crippen LogP contribution in [0.3, 0.4) is 0 Å². The van der Waals surface area contributed by atoms with Gasteiger partial charge in [0, 0.05) is 31.7 Å². The van der Waals surface area contributed by atoms with Gasteiger partial charge >= 0.3 is 0 Å². The van der Waals surface area contributed by atoms with E-state index in [4.69, 9.17) is 0 Å². The van der Waals surface area contributed by atoms with Gasteiger partial charge in [0.1, 0.15) is 5.82 Å². The molecule has 1 heterocycles. The molecule has 1 aromatic rings. The number of likely N-dealkylation sites (N-methyl/N-ethyl adjacent to an activating group) is 3. The van der Waals surface area contributed by atoms with E-state index < -0.39 is 0 Å². The number of aryl methyl sites for hydroxylation is 1. The van der Waals surface area contributed by atoms with Crippen LogP contribution in [0.5, 0.6) is 0 Å². The van der Waals surface area contributed by atoms with Gasteiger partial charge in [-0.25, -0.2) is 4.39 Å². The average molecular weight is 279 g/mol. The first kappa shape index (κ1) is 15.4. The third-order valence-corrected chi connectivity index (χ3v) is 4.48. The zero-order valence-electron chi connectivity index (χ0n) is 13.0. The Labute approximate surface area is 121 Å². The summed E-state index contributed by atoms with van der Waals surface area (Å²) in [4.78, 5) is 4.81. The molecule has 1 fully saturated rings. The highest BCUT2D eigenvalue weighted by molar-refractivity contribution is 5.27. The summed E-state index contributed by atoms with van der Waals surface area (Å²) in [5.41, 5.74) is 2.27. The zero-order valence-corrected chi connectivity index (χ0v) is 13.0. The molecule has 3 nitrogen and oxygen atoms in total. The highest BCUT2D eigenvalue weighted by Crippen LogP contribution is 2.17. The van der Waals surface area contributed by atoms with Crippen molar-refractivity contribution in [3.05, 3.63) is 35.1 Å². The Balaban J connectivity index is 2.11. The minimum absolute atomic E-state index is 0.151. The monoisotopic (exact) mass is 279 g/mol. The molecule has 0 aromatic heterocycles. The standard InChI is InChI=1S/C16H26FN3/c1-12-9-14(17)6-5-13(12)10-15(18-2)16-11-19(3)7-8-20(16)4/h5-6,9,15-16,18H,7-8,10-11H2,1-4H3. The normalized spacial score (nSPS) is 22.9. The number of hydrogen-bond donors (Lipinski definition) is 1. The Kier molecular flexibility index (Phi) is 5.13. The van der Waals surface area contributed by atoms with Gasteiger partial charge in [-0.3, -0.25) is 4.90 Å². The van der Waals surface area contributed by atoms with Crippen molar-refractivity contribution in [2.24, 2.45) is 0 Å². The van der Waals surface area contributed by atoms with Gasteiger partial charge in [0.25, 0.3) is 0 Å². The predicted octanol–water partition coefficient (Wildman–Crippen LogP) is 1.51. The molecule has 0 radical (unpaired) electrons. The molecule has 2 rings (SSSR count). The number of nitrogens with zero attached hydrogens (tertiary/aromatic N) is 2. The van der Waals surface area contributed by atoms with E-state index in [9.17, 15) is 4.39 Å². The molecule has 2 unspecified atom stereocenters. The topological polar surface area (TPSA) is 18.5 Å². The van der Waals surface area contributed by atoms with Crippen molar-refractivity contribution in [2.75, 3.05) is 40.8 Å². The van der Waals surface area contributed by atoms with Crippen molar-refractivity contribution >= 4 is 0 Å². The van der Waals surface area contributed by atoms with E-state index >= 15 is 0 Å². The van der Waals surface area contributed by atoms with Gasteiger partial charge in [-0.2, -0.15) is 0 Å². The second kappa shape index (κ2) is 6.66. The Morgan fingerprint density at radius 3 is 2.75 bits per heavy atom. The lowest BCUT2D eigenvalue weighted by molar-refractivity contribution is 0.0897. The van der Waals surface area contributed by atoms with Gasteiger partial charge in [0.15, 0.2) is 0 Å². The van der Waals surface area contributed by atoms with E-state index in [2.05, 4.69) is 29.2 Å². The summed E-state index contributed by atoms with van der Waals surface area (Å²) in [5, 5.41) is 3.45. The molecule has 4 heteroatoms. The number of nitrogens with one attached hydrogen (secondary N) is 1. The van der Waals surface area contributed by atoms with Crippen LogP contribution >= 0.6 is 0 Å². The lowest BCUT2D eigenvalue weighted by atomic mass is 9.94. The van der Waals surface area contributed by atoms with E-state index in [0.29, 0.717) is 12.1 Å². The van der Waals surface area contributed by atoms with Crippen LogP contribution in [0.4, 0.5) is 4.39 Å². The van der Waals surface area contributed by atoms with E-state index in [1.807, 2.05) is 20.0 Å². The molecule has 1 N–H and O–H groups in total. The minimum atomic E-state index is -0.151. The van der Waals surface area contributed by atoms with Crippen LogP contribution < -0.4 is 5.32 Å². The lowest BCUT2D eigenvalue weighted by Gasteiger charge is -2.42. The van der Waals surface area contributed by atoms with Crippen LogP contribution in [0.25, 0.3) is 0 Å². The van der Waals surface area contributed by atoms with E-state index in [-0.39, 0.29) is 5.82 Å². The minimum Gasteiger partial charge on any atom is -0.315 e. The van der Waals surface area contributed by atoms with Gasteiger partial charge in [-0.1, -0.05) is 6.07 Å². The summed E-state index contributed by atoms with van der Waals surface area (Å²) in [6.45, 7) is 5.28. The van der Waals surface area contributed by atoms with Crippen molar-refractivity contribution in [3.8, 4) is 0 Å². The van der Waals surface area contributed by atoms with Crippen molar-refractivity contribution in [2.45, 2.75) is 25.4 Å². The number of piperazine rings is 1. The third-order valence-electron chi connectivity index (χ3n) is 4.48. The molecule has 20 heavy (non-hydrogen) atoms. The molecular weight excluding hydrogens is 253 g/mol. The van der Waals surface area contributed by atoms with Gasteiger partial charge in [-0.15, -0.1) is 0 Å². The van der Waals surface area contributed by atoms with Crippen molar-refractivity contribution in [1.82, 2.24) is 15.1 Å². The second-order valence-corrected chi connectivity index (χ2v) is 5.98. The predicted molar refractivity (Wildman–Crippen MR) is 81.6 cm³/mol. The molecule has 1 aliphatic heterocycles. The zero-order chi connectivity index (χ0) is 14.7. The molecule has 1 aromatic carbocycles. The van der Waals surface area contributed by atoms with Gasteiger partial charge in [0.05, 0.1) is 0 Å². The Morgan fingerprint density at radius 2 is 2.10 bits per heavy atom. The molecular formula is C16H26FN3. The summed E-state index contributed by atoms with van der Waals surface area (Å²) < 4.78 is 13.2. The molecule has 0 aliphatic carbocycles. The maximum Gasteiger partial charge on any atom is 0.123 e. The van der Waals surface area contributed by atoms with E-state index in [1.54, 1.807) is 12.1 Å². The van der Waals surface area contributed by atoms with Gasteiger partial charge in [-0.05, 0) is 57.7 Å². The van der Waals surface area contributed by atoms with Crippen LogP contribution in [0.2, 0.25) is 0 Å². The van der Waals surface area contributed by atoms with Gasteiger partial charge in [0.2, 0.25) is 0 Å². The fourth-order valence-electron chi connectivity index (χ4n) is 3.03. The van der Waals surface area contributed by atoms with Crippen molar-refractivity contribution in [3.63, 3.8) is 0 Å². The largest absolute Gasteiger partial charge is 0.315 e. The highest BCUT2D eigenvalue weighted by Gasteiger charge is 2.29. The average Bonchev–Trinajstić information content (AvgIpc) is 2.41. The van der Waals surface area contributed by atoms with Crippen molar-refractivity contribution < 1.29 is 4.39 Å². The Morgan fingerprint density at radius 1 is 1.35 bits per heavy atom. The highest BCUT2D eigenvalue weighted by atomic mass is 19.1. The fourth-order valence-corrected chi connectivity index (χ4v) is 3.03. The number of halogens is 1. The number of benzene rings is 1. The van der Waals surface area contributed by atoms with Crippen LogP contribution in [0.15, 0.2) is 18.2 Å². The maximum absolute atomic E-state index is 13.2. The fraction of sp³-hybridized carbons (Fsp3) is 0.625. The van der Waals surface area contributed by atoms with Crippen LogP contribution in [0, 0.1) is 12.7 Å². The lowest BCUT2D eigenvalue weighted by Crippen LogP contribution is -2.58. The number of hydrogen-bond acceptors (Lipinski definition) is 3. The first-order chi connectivity index (χ1) is 9.51. The van der Waals surface area contributed by atoms with Crippen LogP contribution in [0.1, 0.15) is 11.1 Å². The van der Waals surface area contributed by atoms with E-state index in [1.165, 1.54) is 5.56 Å². The van der Waals surface area contributed by atoms with Crippen LogP contribution in [-0.4, -0.2) is 62.7 Å². The molecule has 1 aliphatic rings. The Bertz CT molecular complexity index is 449. The summed E-state index contributed by atoms with van der Waals surface area (Å²) >= 11 is 0. The molecule has 0 saturated carbocycles. The smallest absolute Gasteiger partial charge is 0.123 e. The quantitative estimate of drug-likeness (QED) is 0.901. The molecule has 2 atom stereocenters. The van der Waals surface area contributed by atoms with Crippen LogP contribution in [-0.2, 0) is 6.42 Å². The summed E-state index contributed by atoms with van der Waals surface area (Å²) in [6, 6.07) is 5.97. The molecule has 1 saturated heterocycles. The SMILES string of the molecule is CNC(Cc1ccc(F)cc1C)C1CN(C)CCN1C. The number of rotatable bonds is 4. The van der Waals surface area contributed by atoms with Crippen molar-refractivity contribution in [1.29, 1.82) is 0 Å². The second-order valence-electron chi connectivity index (χ2n) is 5.98. The Hall–Kier alpha value is -0.970. The maximum atomic E-state index is 13.2.